The van der Waals surface area contributed by atoms with Crippen molar-refractivity contribution in [3.05, 3.63) is 12.2 Å². The number of carbonyl (C=O) groups excluding carboxylic acids is 2. The van der Waals surface area contributed by atoms with E-state index in [1.807, 2.05) is 11.0 Å². The second-order valence-corrected chi connectivity index (χ2v) is 6.89. The molecule has 1 atom stereocenters. The molecule has 25 heavy (non-hydrogen) atoms. The van der Waals surface area contributed by atoms with E-state index in [0.717, 1.165) is 51.4 Å². The van der Waals surface area contributed by atoms with E-state index in [4.69, 9.17) is 5.11 Å². The molecule has 0 aromatic carbocycles. The standard InChI is InChI=1S/C20H33NO4/c1-2-3-6-11-18(22)15-14-17-10-9-12-19(23)21(17)16-8-5-4-7-13-20(24)25/h14-15,17H,2-13,16H2,1H3,(H,24,25)/t17-/m1/s1. The van der Waals surface area contributed by atoms with Crippen molar-refractivity contribution in [1.29, 1.82) is 0 Å². The molecule has 1 fully saturated rings. The number of aliphatic carboxylic acids is 1. The molecule has 1 saturated heterocycles. The molecule has 0 aromatic rings. The summed E-state index contributed by atoms with van der Waals surface area (Å²) < 4.78 is 0. The SMILES string of the molecule is CCCCCC(=O)C=C[C@H]1CCCC(=O)N1CCCCCCC(=O)O. The fraction of sp³-hybridized carbons (Fsp3) is 0.750. The summed E-state index contributed by atoms with van der Waals surface area (Å²) in [5, 5.41) is 8.63. The number of allylic oxidation sites excluding steroid dienone is 1. The highest BCUT2D eigenvalue weighted by Gasteiger charge is 2.25. The summed E-state index contributed by atoms with van der Waals surface area (Å²) in [6.07, 6.45) is 13.3. The number of amides is 1. The van der Waals surface area contributed by atoms with Gasteiger partial charge in [-0.15, -0.1) is 0 Å². The van der Waals surface area contributed by atoms with Crippen LogP contribution in [0, 0.1) is 0 Å². The number of ketones is 1. The predicted molar refractivity (Wildman–Crippen MR) is 98.4 cm³/mol. The number of nitrogens with zero attached hydrogens (tertiary/aromatic N) is 1. The Kier molecular flexibility index (Phi) is 10.8. The summed E-state index contributed by atoms with van der Waals surface area (Å²) in [7, 11) is 0. The molecule has 0 aliphatic carbocycles. The molecule has 0 spiro atoms. The molecule has 1 rings (SSSR count). The molecular formula is C20H33NO4. The number of piperidine rings is 1. The van der Waals surface area contributed by atoms with Gasteiger partial charge >= 0.3 is 5.97 Å². The van der Waals surface area contributed by atoms with Gasteiger partial charge in [0.1, 0.15) is 0 Å². The first-order chi connectivity index (χ1) is 12.0. The zero-order valence-corrected chi connectivity index (χ0v) is 15.5. The number of unbranched alkanes of at least 4 members (excludes halogenated alkanes) is 5. The van der Waals surface area contributed by atoms with Crippen molar-refractivity contribution in [3.8, 4) is 0 Å². The van der Waals surface area contributed by atoms with Gasteiger partial charge in [0.15, 0.2) is 5.78 Å². The number of hydrogen-bond acceptors (Lipinski definition) is 3. The number of carbonyl (C=O) groups is 3. The minimum absolute atomic E-state index is 0.0374. The lowest BCUT2D eigenvalue weighted by Crippen LogP contribution is -2.43. The first-order valence-corrected chi connectivity index (χ1v) is 9.77. The Balaban J connectivity index is 2.38. The fourth-order valence-corrected chi connectivity index (χ4v) is 3.20. The molecule has 0 saturated carbocycles. The smallest absolute Gasteiger partial charge is 0.303 e. The lowest BCUT2D eigenvalue weighted by molar-refractivity contribution is -0.137. The van der Waals surface area contributed by atoms with Gasteiger partial charge < -0.3 is 10.0 Å². The molecule has 0 unspecified atom stereocenters. The van der Waals surface area contributed by atoms with Crippen molar-refractivity contribution in [2.24, 2.45) is 0 Å². The van der Waals surface area contributed by atoms with Gasteiger partial charge in [0.2, 0.25) is 5.91 Å². The van der Waals surface area contributed by atoms with Crippen molar-refractivity contribution in [1.82, 2.24) is 4.90 Å². The van der Waals surface area contributed by atoms with Gasteiger partial charge in [-0.3, -0.25) is 14.4 Å². The number of carboxylic acid groups (broad SMARTS) is 1. The van der Waals surface area contributed by atoms with Crippen LogP contribution < -0.4 is 0 Å². The largest absolute Gasteiger partial charge is 0.481 e. The van der Waals surface area contributed by atoms with Crippen molar-refractivity contribution in [2.75, 3.05) is 6.54 Å². The maximum atomic E-state index is 12.2. The number of rotatable bonds is 13. The van der Waals surface area contributed by atoms with E-state index in [-0.39, 0.29) is 24.2 Å². The van der Waals surface area contributed by atoms with E-state index < -0.39 is 5.97 Å². The maximum absolute atomic E-state index is 12.2. The minimum atomic E-state index is -0.750. The van der Waals surface area contributed by atoms with Gasteiger partial charge in [0.25, 0.3) is 0 Å². The van der Waals surface area contributed by atoms with Crippen LogP contribution in [0.3, 0.4) is 0 Å². The lowest BCUT2D eigenvalue weighted by atomic mass is 9.99. The first-order valence-electron chi connectivity index (χ1n) is 9.77. The summed E-state index contributed by atoms with van der Waals surface area (Å²) in [6, 6.07) is 0.0374. The summed E-state index contributed by atoms with van der Waals surface area (Å²) in [5.41, 5.74) is 0. The summed E-state index contributed by atoms with van der Waals surface area (Å²) >= 11 is 0. The average molecular weight is 351 g/mol. The maximum Gasteiger partial charge on any atom is 0.303 e. The molecule has 5 nitrogen and oxygen atoms in total. The Labute approximate surface area is 151 Å². The Bertz CT molecular complexity index is 459. The lowest BCUT2D eigenvalue weighted by Gasteiger charge is -2.34. The van der Waals surface area contributed by atoms with E-state index >= 15 is 0 Å². The second-order valence-electron chi connectivity index (χ2n) is 6.89. The predicted octanol–water partition coefficient (Wildman–Crippen LogP) is 4.11. The van der Waals surface area contributed by atoms with Gasteiger partial charge in [-0.1, -0.05) is 38.7 Å². The first kappa shape index (κ1) is 21.4. The van der Waals surface area contributed by atoms with Crippen LogP contribution in [0.1, 0.15) is 84.0 Å². The average Bonchev–Trinajstić information content (AvgIpc) is 2.57. The van der Waals surface area contributed by atoms with Gasteiger partial charge in [0.05, 0.1) is 6.04 Å². The summed E-state index contributed by atoms with van der Waals surface area (Å²) in [4.78, 5) is 36.5. The van der Waals surface area contributed by atoms with Crippen molar-refractivity contribution in [3.63, 3.8) is 0 Å². The monoisotopic (exact) mass is 351 g/mol. The molecule has 1 heterocycles. The van der Waals surface area contributed by atoms with Crippen LogP contribution in [0.5, 0.6) is 0 Å². The van der Waals surface area contributed by atoms with Crippen LogP contribution in [0.15, 0.2) is 12.2 Å². The highest BCUT2D eigenvalue weighted by atomic mass is 16.4. The van der Waals surface area contributed by atoms with E-state index in [9.17, 15) is 14.4 Å². The molecule has 1 aliphatic heterocycles. The molecule has 1 N–H and O–H groups in total. The summed E-state index contributed by atoms with van der Waals surface area (Å²) in [6.45, 7) is 2.82. The van der Waals surface area contributed by atoms with Gasteiger partial charge in [-0.25, -0.2) is 0 Å². The quantitative estimate of drug-likeness (QED) is 0.400. The van der Waals surface area contributed by atoms with Crippen LogP contribution in [0.25, 0.3) is 0 Å². The topological polar surface area (TPSA) is 74.7 Å². The molecule has 1 aliphatic rings. The van der Waals surface area contributed by atoms with Crippen LogP contribution >= 0.6 is 0 Å². The third-order valence-corrected chi connectivity index (χ3v) is 4.68. The van der Waals surface area contributed by atoms with Crippen LogP contribution in [-0.4, -0.2) is 40.3 Å². The van der Waals surface area contributed by atoms with Crippen molar-refractivity contribution in [2.45, 2.75) is 90.0 Å². The second kappa shape index (κ2) is 12.7. The Morgan fingerprint density at radius 3 is 2.56 bits per heavy atom. The van der Waals surface area contributed by atoms with Gasteiger partial charge in [-0.05, 0) is 38.2 Å². The van der Waals surface area contributed by atoms with E-state index in [2.05, 4.69) is 6.92 Å². The molecular weight excluding hydrogens is 318 g/mol. The molecule has 5 heteroatoms. The zero-order valence-electron chi connectivity index (χ0n) is 15.5. The molecule has 0 aromatic heterocycles. The molecule has 1 amide bonds. The zero-order chi connectivity index (χ0) is 18.5. The minimum Gasteiger partial charge on any atom is -0.481 e. The van der Waals surface area contributed by atoms with E-state index in [0.29, 0.717) is 25.8 Å². The van der Waals surface area contributed by atoms with Crippen molar-refractivity contribution >= 4 is 17.7 Å². The number of carboxylic acids is 1. The molecule has 0 radical (unpaired) electrons. The summed E-state index contributed by atoms with van der Waals surface area (Å²) in [5.74, 6) is -0.426. The normalized spacial score (nSPS) is 18.0. The molecule has 142 valence electrons. The number of hydrogen-bond donors (Lipinski definition) is 1. The van der Waals surface area contributed by atoms with Crippen molar-refractivity contribution < 1.29 is 19.5 Å². The highest BCUT2D eigenvalue weighted by molar-refractivity contribution is 5.89. The van der Waals surface area contributed by atoms with E-state index in [1.165, 1.54) is 0 Å². The van der Waals surface area contributed by atoms with Crippen LogP contribution in [0.2, 0.25) is 0 Å². The highest BCUT2D eigenvalue weighted by Crippen LogP contribution is 2.20. The Morgan fingerprint density at radius 1 is 1.12 bits per heavy atom. The van der Waals surface area contributed by atoms with Gasteiger partial charge in [0, 0.05) is 25.8 Å². The van der Waals surface area contributed by atoms with Gasteiger partial charge in [-0.2, -0.15) is 0 Å². The van der Waals surface area contributed by atoms with E-state index in [1.54, 1.807) is 6.08 Å². The van der Waals surface area contributed by atoms with Crippen LogP contribution in [0.4, 0.5) is 0 Å². The fourth-order valence-electron chi connectivity index (χ4n) is 3.20. The Hall–Kier alpha value is -1.65. The Morgan fingerprint density at radius 2 is 1.84 bits per heavy atom. The third-order valence-electron chi connectivity index (χ3n) is 4.68. The number of likely N-dealkylation sites (tertiary alicyclic amines) is 1. The third kappa shape index (κ3) is 9.42. The van der Waals surface area contributed by atoms with Crippen LogP contribution in [-0.2, 0) is 14.4 Å². The molecule has 0 bridgehead atoms.